The summed E-state index contributed by atoms with van der Waals surface area (Å²) in [6.07, 6.45) is 6.03. The van der Waals surface area contributed by atoms with Gasteiger partial charge in [-0.05, 0) is 12.3 Å². The fourth-order valence-electron chi connectivity index (χ4n) is 2.39. The number of hydrogen-bond acceptors (Lipinski definition) is 2. The first-order valence-corrected chi connectivity index (χ1v) is 5.29. The highest BCUT2D eigenvalue weighted by atomic mass is 16.5. The Balaban J connectivity index is 2.05. The smallest absolute Gasteiger partial charge is 0.0777 e. The lowest BCUT2D eigenvalue weighted by Crippen LogP contribution is -2.38. The Kier molecular flexibility index (Phi) is 2.70. The third kappa shape index (κ3) is 1.79. The van der Waals surface area contributed by atoms with E-state index >= 15 is 0 Å². The zero-order chi connectivity index (χ0) is 9.26. The molecule has 2 aliphatic heterocycles. The van der Waals surface area contributed by atoms with Gasteiger partial charge in [-0.1, -0.05) is 26.0 Å². The van der Waals surface area contributed by atoms with E-state index in [4.69, 9.17) is 4.74 Å². The highest BCUT2D eigenvalue weighted by molar-refractivity contribution is 5.00. The van der Waals surface area contributed by atoms with Crippen LogP contribution in [0.5, 0.6) is 0 Å². The molecule has 74 valence electrons. The Hall–Kier alpha value is -0.340. The number of fused-ring (bicyclic) bond motifs is 1. The van der Waals surface area contributed by atoms with E-state index in [9.17, 15) is 0 Å². The molecule has 0 bridgehead atoms. The van der Waals surface area contributed by atoms with E-state index in [1.54, 1.807) is 0 Å². The van der Waals surface area contributed by atoms with Crippen LogP contribution in [-0.2, 0) is 4.74 Å². The monoisotopic (exact) mass is 181 g/mol. The minimum Gasteiger partial charge on any atom is -0.372 e. The van der Waals surface area contributed by atoms with Gasteiger partial charge in [0.1, 0.15) is 0 Å². The largest absolute Gasteiger partial charge is 0.372 e. The summed E-state index contributed by atoms with van der Waals surface area (Å²) in [6.45, 7) is 6.45. The second kappa shape index (κ2) is 3.81. The molecule has 0 amide bonds. The average Bonchev–Trinajstić information content (AvgIpc) is 2.36. The van der Waals surface area contributed by atoms with Gasteiger partial charge in [0, 0.05) is 18.5 Å². The van der Waals surface area contributed by atoms with Gasteiger partial charge >= 0.3 is 0 Å². The van der Waals surface area contributed by atoms with Gasteiger partial charge in [0.15, 0.2) is 0 Å². The van der Waals surface area contributed by atoms with Crippen molar-refractivity contribution in [2.45, 2.75) is 32.4 Å². The van der Waals surface area contributed by atoms with Crippen molar-refractivity contribution in [1.29, 1.82) is 0 Å². The lowest BCUT2D eigenvalue weighted by atomic mass is 9.93. The van der Waals surface area contributed by atoms with Crippen LogP contribution in [0.4, 0.5) is 0 Å². The molecule has 2 heterocycles. The first-order valence-electron chi connectivity index (χ1n) is 5.29. The van der Waals surface area contributed by atoms with E-state index in [1.165, 1.54) is 6.42 Å². The molecule has 2 rings (SSSR count). The molecule has 2 heteroatoms. The van der Waals surface area contributed by atoms with Crippen molar-refractivity contribution in [2.24, 2.45) is 11.8 Å². The van der Waals surface area contributed by atoms with Gasteiger partial charge in [-0.15, -0.1) is 0 Å². The van der Waals surface area contributed by atoms with Crippen molar-refractivity contribution in [3.63, 3.8) is 0 Å². The SMILES string of the molecule is CC(C)C1NCC2CC=CCOC21. The second-order valence-electron chi connectivity index (χ2n) is 4.44. The van der Waals surface area contributed by atoms with Gasteiger partial charge in [0.05, 0.1) is 12.7 Å². The van der Waals surface area contributed by atoms with Crippen LogP contribution in [0.2, 0.25) is 0 Å². The summed E-state index contributed by atoms with van der Waals surface area (Å²) in [7, 11) is 0. The van der Waals surface area contributed by atoms with Gasteiger partial charge in [-0.3, -0.25) is 0 Å². The summed E-state index contributed by atoms with van der Waals surface area (Å²) < 4.78 is 5.85. The predicted molar refractivity (Wildman–Crippen MR) is 53.6 cm³/mol. The molecule has 0 aromatic carbocycles. The topological polar surface area (TPSA) is 21.3 Å². The molecular formula is C11H19NO. The lowest BCUT2D eigenvalue weighted by molar-refractivity contribution is 0.0301. The summed E-state index contributed by atoms with van der Waals surface area (Å²) in [5.74, 6) is 1.37. The van der Waals surface area contributed by atoms with E-state index < -0.39 is 0 Å². The molecular weight excluding hydrogens is 162 g/mol. The lowest BCUT2D eigenvalue weighted by Gasteiger charge is -2.25. The molecule has 3 atom stereocenters. The molecule has 0 radical (unpaired) electrons. The van der Waals surface area contributed by atoms with Crippen molar-refractivity contribution in [3.05, 3.63) is 12.2 Å². The number of nitrogens with one attached hydrogen (secondary N) is 1. The van der Waals surface area contributed by atoms with E-state index in [0.29, 0.717) is 24.0 Å². The third-order valence-electron chi connectivity index (χ3n) is 3.14. The maximum Gasteiger partial charge on any atom is 0.0777 e. The number of rotatable bonds is 1. The molecule has 3 unspecified atom stereocenters. The van der Waals surface area contributed by atoms with Crippen LogP contribution in [0.1, 0.15) is 20.3 Å². The molecule has 1 saturated heterocycles. The summed E-state index contributed by atoms with van der Waals surface area (Å²) in [6, 6.07) is 0.560. The van der Waals surface area contributed by atoms with E-state index in [2.05, 4.69) is 31.3 Å². The van der Waals surface area contributed by atoms with Crippen molar-refractivity contribution < 1.29 is 4.74 Å². The summed E-state index contributed by atoms with van der Waals surface area (Å²) >= 11 is 0. The number of ether oxygens (including phenoxy) is 1. The van der Waals surface area contributed by atoms with Crippen LogP contribution in [0.15, 0.2) is 12.2 Å². The third-order valence-corrected chi connectivity index (χ3v) is 3.14. The molecule has 2 aliphatic rings. The Labute approximate surface area is 80.4 Å². The summed E-state index contributed by atoms with van der Waals surface area (Å²) in [5.41, 5.74) is 0. The Bertz CT molecular complexity index is 200. The summed E-state index contributed by atoms with van der Waals surface area (Å²) in [5, 5.41) is 3.57. The maximum atomic E-state index is 5.85. The van der Waals surface area contributed by atoms with Crippen LogP contribution in [-0.4, -0.2) is 25.3 Å². The highest BCUT2D eigenvalue weighted by Gasteiger charge is 2.37. The normalized spacial score (nSPS) is 39.2. The first-order chi connectivity index (χ1) is 6.29. The molecule has 0 saturated carbocycles. The number of allylic oxidation sites excluding steroid dienone is 1. The average molecular weight is 181 g/mol. The van der Waals surface area contributed by atoms with Gasteiger partial charge in [-0.2, -0.15) is 0 Å². The van der Waals surface area contributed by atoms with Crippen molar-refractivity contribution in [1.82, 2.24) is 5.32 Å². The van der Waals surface area contributed by atoms with Crippen molar-refractivity contribution >= 4 is 0 Å². The molecule has 2 nitrogen and oxygen atoms in total. The fraction of sp³-hybridized carbons (Fsp3) is 0.818. The number of hydrogen-bond donors (Lipinski definition) is 1. The quantitative estimate of drug-likeness (QED) is 0.620. The Morgan fingerprint density at radius 2 is 2.23 bits per heavy atom. The van der Waals surface area contributed by atoms with E-state index in [-0.39, 0.29) is 0 Å². The fourth-order valence-corrected chi connectivity index (χ4v) is 2.39. The molecule has 1 fully saturated rings. The molecule has 0 aliphatic carbocycles. The van der Waals surface area contributed by atoms with Gasteiger partial charge in [0.25, 0.3) is 0 Å². The first kappa shape index (κ1) is 9.22. The highest BCUT2D eigenvalue weighted by Crippen LogP contribution is 2.27. The van der Waals surface area contributed by atoms with E-state index in [1.807, 2.05) is 0 Å². The van der Waals surface area contributed by atoms with Crippen molar-refractivity contribution in [3.8, 4) is 0 Å². The predicted octanol–water partition coefficient (Wildman–Crippen LogP) is 1.58. The van der Waals surface area contributed by atoms with Crippen LogP contribution >= 0.6 is 0 Å². The zero-order valence-electron chi connectivity index (χ0n) is 8.49. The minimum atomic E-state index is 0.440. The van der Waals surface area contributed by atoms with Crippen LogP contribution in [0.25, 0.3) is 0 Å². The zero-order valence-corrected chi connectivity index (χ0v) is 8.49. The molecule has 13 heavy (non-hydrogen) atoms. The van der Waals surface area contributed by atoms with Crippen LogP contribution < -0.4 is 5.32 Å². The second-order valence-corrected chi connectivity index (χ2v) is 4.44. The van der Waals surface area contributed by atoms with Crippen LogP contribution in [0.3, 0.4) is 0 Å². The molecule has 1 N–H and O–H groups in total. The standard InChI is InChI=1S/C11H19NO/c1-8(2)10-11-9(7-12-10)5-3-4-6-13-11/h3-4,8-12H,5-7H2,1-2H3. The molecule has 0 aromatic heterocycles. The van der Waals surface area contributed by atoms with Crippen LogP contribution in [0, 0.1) is 11.8 Å². The summed E-state index contributed by atoms with van der Waals surface area (Å²) in [4.78, 5) is 0. The Morgan fingerprint density at radius 3 is 3.00 bits per heavy atom. The molecule has 0 aromatic rings. The molecule has 0 spiro atoms. The van der Waals surface area contributed by atoms with E-state index in [0.717, 1.165) is 13.2 Å². The van der Waals surface area contributed by atoms with Crippen molar-refractivity contribution in [2.75, 3.05) is 13.2 Å². The maximum absolute atomic E-state index is 5.85. The minimum absolute atomic E-state index is 0.440. The van der Waals surface area contributed by atoms with Gasteiger partial charge in [-0.25, -0.2) is 0 Å². The van der Waals surface area contributed by atoms with Gasteiger partial charge in [0.2, 0.25) is 0 Å². The Morgan fingerprint density at radius 1 is 1.38 bits per heavy atom. The van der Waals surface area contributed by atoms with Gasteiger partial charge < -0.3 is 10.1 Å².